The molecule has 1 unspecified atom stereocenters. The van der Waals surface area contributed by atoms with Gasteiger partial charge in [0.05, 0.1) is 17.0 Å². The first kappa shape index (κ1) is 18.7. The van der Waals surface area contributed by atoms with Crippen molar-refractivity contribution in [2.24, 2.45) is 5.41 Å². The molecule has 4 rings (SSSR count). The number of hydrogen-bond acceptors (Lipinski definition) is 5. The number of aromatic nitrogens is 1. The van der Waals surface area contributed by atoms with Crippen LogP contribution in [0.15, 0.2) is 39.8 Å². The van der Waals surface area contributed by atoms with E-state index < -0.39 is 10.0 Å². The fourth-order valence-corrected chi connectivity index (χ4v) is 6.04. The molecule has 6 nitrogen and oxygen atoms in total. The Kier molecular flexibility index (Phi) is 4.44. The summed E-state index contributed by atoms with van der Waals surface area (Å²) in [4.78, 5) is 7.03. The Morgan fingerprint density at radius 2 is 1.85 bits per heavy atom. The third kappa shape index (κ3) is 3.11. The highest BCUT2D eigenvalue weighted by molar-refractivity contribution is 7.89. The summed E-state index contributed by atoms with van der Waals surface area (Å²) in [6.07, 6.45) is 1.74. The van der Waals surface area contributed by atoms with Crippen molar-refractivity contribution in [3.63, 3.8) is 0 Å². The summed E-state index contributed by atoms with van der Waals surface area (Å²) in [7, 11) is -1.39. The Morgan fingerprint density at radius 1 is 1.19 bits per heavy atom. The number of benzene rings is 1. The predicted octanol–water partition coefficient (Wildman–Crippen LogP) is 2.83. The summed E-state index contributed by atoms with van der Waals surface area (Å²) >= 11 is 0. The van der Waals surface area contributed by atoms with E-state index in [0.29, 0.717) is 23.9 Å². The fraction of sp³-hybridized carbons (Fsp3) is 0.550. The predicted molar refractivity (Wildman–Crippen MR) is 103 cm³/mol. The molecule has 0 bridgehead atoms. The van der Waals surface area contributed by atoms with Crippen LogP contribution < -0.4 is 0 Å². The van der Waals surface area contributed by atoms with E-state index in [4.69, 9.17) is 4.42 Å². The normalized spacial score (nSPS) is 23.2. The van der Waals surface area contributed by atoms with Crippen molar-refractivity contribution < 1.29 is 12.8 Å². The van der Waals surface area contributed by atoms with Crippen molar-refractivity contribution in [3.05, 3.63) is 47.7 Å². The molecule has 0 amide bonds. The van der Waals surface area contributed by atoms with E-state index in [1.54, 1.807) is 22.6 Å². The van der Waals surface area contributed by atoms with E-state index in [2.05, 4.69) is 30.8 Å². The minimum Gasteiger partial charge on any atom is -0.446 e. The van der Waals surface area contributed by atoms with Gasteiger partial charge in [-0.25, -0.2) is 13.4 Å². The molecule has 0 N–H and O–H groups in total. The van der Waals surface area contributed by atoms with Crippen molar-refractivity contribution in [2.75, 3.05) is 33.2 Å². The lowest BCUT2D eigenvalue weighted by atomic mass is 9.73. The Labute approximate surface area is 161 Å². The average Bonchev–Trinajstić information content (AvgIpc) is 3.16. The molecule has 2 fully saturated rings. The minimum absolute atomic E-state index is 0.114. The van der Waals surface area contributed by atoms with Crippen LogP contribution >= 0.6 is 0 Å². The van der Waals surface area contributed by atoms with Crippen LogP contribution in [0, 0.1) is 12.3 Å². The lowest BCUT2D eigenvalue weighted by Crippen LogP contribution is -2.61. The van der Waals surface area contributed by atoms with Gasteiger partial charge in [-0.2, -0.15) is 4.31 Å². The smallest absolute Gasteiger partial charge is 0.243 e. The highest BCUT2D eigenvalue weighted by Gasteiger charge is 2.58. The van der Waals surface area contributed by atoms with Gasteiger partial charge in [-0.1, -0.05) is 26.0 Å². The Morgan fingerprint density at radius 3 is 2.41 bits per heavy atom. The molecule has 1 spiro atoms. The molecular weight excluding hydrogens is 362 g/mol. The summed E-state index contributed by atoms with van der Waals surface area (Å²) < 4.78 is 33.5. The molecule has 0 saturated carbocycles. The quantitative estimate of drug-likeness (QED) is 0.804. The second-order valence-corrected chi connectivity index (χ2v) is 10.4. The second kappa shape index (κ2) is 6.43. The Hall–Kier alpha value is -1.70. The lowest BCUT2D eigenvalue weighted by Gasteiger charge is -2.49. The first-order valence-electron chi connectivity index (χ1n) is 9.42. The van der Waals surface area contributed by atoms with E-state index in [0.717, 1.165) is 30.3 Å². The number of hydrogen-bond donors (Lipinski definition) is 0. The van der Waals surface area contributed by atoms with E-state index in [1.165, 1.54) is 0 Å². The molecule has 1 aromatic heterocycles. The van der Waals surface area contributed by atoms with Crippen molar-refractivity contribution in [3.8, 4) is 0 Å². The highest BCUT2D eigenvalue weighted by atomic mass is 32.2. The molecule has 2 saturated heterocycles. The zero-order valence-corrected chi connectivity index (χ0v) is 17.2. The molecule has 1 atom stereocenters. The SMILES string of the molecule is Cc1cnc(C2CN(C)CC23CN(S(=O)(=O)c2ccc(C(C)C)cc2)C3)o1. The van der Waals surface area contributed by atoms with E-state index in [-0.39, 0.29) is 11.3 Å². The highest BCUT2D eigenvalue weighted by Crippen LogP contribution is 2.49. The Balaban J connectivity index is 1.54. The molecule has 3 heterocycles. The number of rotatable bonds is 4. The molecule has 0 radical (unpaired) electrons. The van der Waals surface area contributed by atoms with Gasteiger partial charge in [0.1, 0.15) is 5.76 Å². The maximum Gasteiger partial charge on any atom is 0.243 e. The zero-order valence-electron chi connectivity index (χ0n) is 16.3. The molecule has 27 heavy (non-hydrogen) atoms. The maximum atomic E-state index is 13.0. The first-order valence-corrected chi connectivity index (χ1v) is 10.9. The topological polar surface area (TPSA) is 66.7 Å². The first-order chi connectivity index (χ1) is 12.7. The summed E-state index contributed by atoms with van der Waals surface area (Å²) in [5.74, 6) is 2.04. The fourth-order valence-electron chi connectivity index (χ4n) is 4.41. The van der Waals surface area contributed by atoms with Crippen LogP contribution in [0.25, 0.3) is 0 Å². The Bertz CT molecular complexity index is 928. The van der Waals surface area contributed by atoms with Gasteiger partial charge in [-0.15, -0.1) is 0 Å². The molecule has 146 valence electrons. The lowest BCUT2D eigenvalue weighted by molar-refractivity contribution is 0.0581. The number of oxazole rings is 1. The second-order valence-electron chi connectivity index (χ2n) is 8.42. The summed E-state index contributed by atoms with van der Waals surface area (Å²) in [5.41, 5.74) is 1.03. The van der Waals surface area contributed by atoms with E-state index in [1.807, 2.05) is 19.1 Å². The van der Waals surface area contributed by atoms with Gasteiger partial charge in [0.2, 0.25) is 10.0 Å². The van der Waals surface area contributed by atoms with Crippen LogP contribution in [0.4, 0.5) is 0 Å². The third-order valence-electron chi connectivity index (χ3n) is 5.92. The summed E-state index contributed by atoms with van der Waals surface area (Å²) in [6.45, 7) is 8.82. The van der Waals surface area contributed by atoms with Crippen LogP contribution in [-0.2, 0) is 10.0 Å². The van der Waals surface area contributed by atoms with Gasteiger partial charge < -0.3 is 9.32 Å². The van der Waals surface area contributed by atoms with Crippen LogP contribution in [0.1, 0.15) is 42.9 Å². The number of nitrogens with zero attached hydrogens (tertiary/aromatic N) is 3. The summed E-state index contributed by atoms with van der Waals surface area (Å²) in [6, 6.07) is 7.28. The minimum atomic E-state index is -3.46. The van der Waals surface area contributed by atoms with Crippen LogP contribution in [0.3, 0.4) is 0 Å². The molecule has 0 aliphatic carbocycles. The molecule has 7 heteroatoms. The van der Waals surface area contributed by atoms with Crippen molar-refractivity contribution in [1.82, 2.24) is 14.2 Å². The molecule has 2 aliphatic heterocycles. The third-order valence-corrected chi connectivity index (χ3v) is 7.73. The van der Waals surface area contributed by atoms with Gasteiger partial charge in [0.15, 0.2) is 5.89 Å². The van der Waals surface area contributed by atoms with E-state index >= 15 is 0 Å². The average molecular weight is 390 g/mol. The van der Waals surface area contributed by atoms with E-state index in [9.17, 15) is 8.42 Å². The maximum absolute atomic E-state index is 13.0. The standard InChI is InChI=1S/C20H27N3O3S/c1-14(2)16-5-7-17(8-6-16)27(24,25)23-12-20(13-23)11-22(4)10-18(20)19-21-9-15(3)26-19/h5-9,14,18H,10-13H2,1-4H3. The number of sulfonamides is 1. The van der Waals surface area contributed by atoms with Gasteiger partial charge >= 0.3 is 0 Å². The number of aryl methyl sites for hydroxylation is 1. The van der Waals surface area contributed by atoms with Crippen molar-refractivity contribution in [2.45, 2.75) is 37.5 Å². The van der Waals surface area contributed by atoms with Gasteiger partial charge in [-0.3, -0.25) is 0 Å². The summed E-state index contributed by atoms with van der Waals surface area (Å²) in [5, 5.41) is 0. The van der Waals surface area contributed by atoms with Crippen molar-refractivity contribution >= 4 is 10.0 Å². The van der Waals surface area contributed by atoms with Gasteiger partial charge in [0.25, 0.3) is 0 Å². The van der Waals surface area contributed by atoms with Gasteiger partial charge in [0, 0.05) is 31.6 Å². The molecule has 2 aromatic rings. The van der Waals surface area contributed by atoms with Crippen LogP contribution in [0.2, 0.25) is 0 Å². The molecular formula is C20H27N3O3S. The zero-order chi connectivity index (χ0) is 19.4. The van der Waals surface area contributed by atoms with Gasteiger partial charge in [-0.05, 0) is 37.6 Å². The molecule has 1 aromatic carbocycles. The number of likely N-dealkylation sites (N-methyl/N-ethyl adjacent to an activating group) is 1. The van der Waals surface area contributed by atoms with Crippen molar-refractivity contribution in [1.29, 1.82) is 0 Å². The molecule has 2 aliphatic rings. The van der Waals surface area contributed by atoms with Crippen LogP contribution in [-0.4, -0.2) is 55.8 Å². The number of likely N-dealkylation sites (tertiary alicyclic amines) is 1. The monoisotopic (exact) mass is 389 g/mol. The largest absolute Gasteiger partial charge is 0.446 e. The van der Waals surface area contributed by atoms with Crippen LogP contribution in [0.5, 0.6) is 0 Å².